The number of aromatic amines is 1. The Kier molecular flexibility index (Phi) is 6.62. The van der Waals surface area contributed by atoms with Gasteiger partial charge in [-0.1, -0.05) is 72.0 Å². The van der Waals surface area contributed by atoms with Crippen LogP contribution >= 0.6 is 0 Å². The average molecular weight is 519 g/mol. The van der Waals surface area contributed by atoms with Gasteiger partial charge in [-0.3, -0.25) is 9.89 Å². The van der Waals surface area contributed by atoms with Gasteiger partial charge in [-0.05, 0) is 54.4 Å². The number of H-pyrrole nitrogens is 1. The van der Waals surface area contributed by atoms with Gasteiger partial charge in [0.05, 0.1) is 24.1 Å². The highest BCUT2D eigenvalue weighted by atomic mass is 17.0. The molecule has 8 heteroatoms. The first-order chi connectivity index (χ1) is 19.1. The number of hydroxylamine groups is 2. The molecule has 2 heterocycles. The van der Waals surface area contributed by atoms with Crippen LogP contribution in [0.4, 0.5) is 0 Å². The largest absolute Gasteiger partial charge is 0.436 e. The van der Waals surface area contributed by atoms with Gasteiger partial charge in [0.15, 0.2) is 5.58 Å². The number of amides is 1. The fourth-order valence-corrected chi connectivity index (χ4v) is 4.46. The van der Waals surface area contributed by atoms with E-state index in [1.807, 2.05) is 61.5 Å². The van der Waals surface area contributed by atoms with E-state index >= 15 is 0 Å². The summed E-state index contributed by atoms with van der Waals surface area (Å²) >= 11 is 0. The molecule has 0 bridgehead atoms. The smallest absolute Gasteiger partial charge is 0.303 e. The lowest BCUT2D eigenvalue weighted by atomic mass is 10.0. The van der Waals surface area contributed by atoms with Gasteiger partial charge in [-0.15, -0.1) is 0 Å². The molecule has 6 aromatic rings. The Morgan fingerprint density at radius 2 is 1.69 bits per heavy atom. The molecule has 4 aromatic carbocycles. The lowest BCUT2D eigenvalue weighted by Crippen LogP contribution is -2.32. The van der Waals surface area contributed by atoms with Crippen LogP contribution in [-0.4, -0.2) is 32.9 Å². The third kappa shape index (κ3) is 4.90. The minimum Gasteiger partial charge on any atom is -0.436 e. The molecule has 6 rings (SSSR count). The van der Waals surface area contributed by atoms with Crippen LogP contribution in [0, 0.1) is 0 Å². The summed E-state index contributed by atoms with van der Waals surface area (Å²) in [6.45, 7) is 3.96. The molecule has 8 nitrogen and oxygen atoms in total. The maximum absolute atomic E-state index is 12.9. The standard InChI is InChI=1S/C31H26N4O4/c1-3-37-35(31(36)23-9-5-4-6-10-23)39-20(2)21-13-15-22(16-14-21)29-26(19-32-34-29)30-33-27-17-24-11-7-8-12-25(24)18-28(27)38-30/h4-20H,3H2,1-2H3,(H,32,34). The molecule has 194 valence electrons. The molecule has 0 saturated carbocycles. The normalized spacial score (nSPS) is 12.2. The number of fused-ring (bicyclic) bond motifs is 2. The molecule has 0 aliphatic rings. The second-order valence-corrected chi connectivity index (χ2v) is 9.06. The summed E-state index contributed by atoms with van der Waals surface area (Å²) in [6.07, 6.45) is 1.28. The molecule has 39 heavy (non-hydrogen) atoms. The molecule has 1 N–H and O–H groups in total. The van der Waals surface area contributed by atoms with Crippen LogP contribution < -0.4 is 0 Å². The fourth-order valence-electron chi connectivity index (χ4n) is 4.46. The van der Waals surface area contributed by atoms with E-state index in [1.165, 1.54) is 0 Å². The molecule has 0 radical (unpaired) electrons. The van der Waals surface area contributed by atoms with Gasteiger partial charge >= 0.3 is 5.91 Å². The molecular formula is C31H26N4O4. The number of nitrogens with zero attached hydrogens (tertiary/aromatic N) is 3. The quantitative estimate of drug-likeness (QED) is 0.216. The van der Waals surface area contributed by atoms with Crippen molar-refractivity contribution in [1.82, 2.24) is 20.4 Å². The summed E-state index contributed by atoms with van der Waals surface area (Å²) in [6, 6.07) is 28.9. The van der Waals surface area contributed by atoms with Crippen LogP contribution in [0.1, 0.15) is 35.9 Å². The first-order valence-electron chi connectivity index (χ1n) is 12.7. The highest BCUT2D eigenvalue weighted by Gasteiger charge is 2.22. The van der Waals surface area contributed by atoms with Gasteiger partial charge in [0, 0.05) is 11.1 Å². The van der Waals surface area contributed by atoms with Crippen molar-refractivity contribution in [1.29, 1.82) is 0 Å². The van der Waals surface area contributed by atoms with Crippen LogP contribution in [0.25, 0.3) is 44.6 Å². The second-order valence-electron chi connectivity index (χ2n) is 9.06. The van der Waals surface area contributed by atoms with Crippen LogP contribution in [0.5, 0.6) is 0 Å². The zero-order valence-electron chi connectivity index (χ0n) is 21.5. The Balaban J connectivity index is 1.23. The van der Waals surface area contributed by atoms with Gasteiger partial charge < -0.3 is 4.42 Å². The topological polar surface area (TPSA) is 93.5 Å². The predicted octanol–water partition coefficient (Wildman–Crippen LogP) is 7.12. The Labute approximate surface area is 224 Å². The number of nitrogens with one attached hydrogen (secondary N) is 1. The zero-order valence-corrected chi connectivity index (χ0v) is 21.5. The highest BCUT2D eigenvalue weighted by molar-refractivity contribution is 5.95. The number of benzene rings is 4. The van der Waals surface area contributed by atoms with E-state index in [0.717, 1.165) is 49.5 Å². The van der Waals surface area contributed by atoms with Gasteiger partial charge in [-0.25, -0.2) is 14.7 Å². The molecular weight excluding hydrogens is 492 g/mol. The minimum atomic E-state index is -0.439. The molecule has 0 fully saturated rings. The van der Waals surface area contributed by atoms with E-state index in [4.69, 9.17) is 19.1 Å². The van der Waals surface area contributed by atoms with Crippen molar-refractivity contribution in [2.24, 2.45) is 0 Å². The van der Waals surface area contributed by atoms with Crippen LogP contribution in [0.3, 0.4) is 0 Å². The van der Waals surface area contributed by atoms with Gasteiger partial charge in [0.2, 0.25) is 5.89 Å². The van der Waals surface area contributed by atoms with E-state index in [-0.39, 0.29) is 5.91 Å². The first kappa shape index (κ1) is 24.5. The van der Waals surface area contributed by atoms with Crippen molar-refractivity contribution >= 4 is 27.8 Å². The lowest BCUT2D eigenvalue weighted by molar-refractivity contribution is -0.344. The number of hydrogen-bond acceptors (Lipinski definition) is 6. The molecule has 0 aliphatic heterocycles. The van der Waals surface area contributed by atoms with Crippen molar-refractivity contribution in [3.63, 3.8) is 0 Å². The molecule has 0 spiro atoms. The SMILES string of the molecule is CCON(OC(C)c1ccc(-c2[nH]ncc2-c2nc3cc4ccccc4cc3o2)cc1)C(=O)c1ccccc1. The number of carbonyl (C=O) groups is 1. The van der Waals surface area contributed by atoms with Crippen molar-refractivity contribution in [3.8, 4) is 22.7 Å². The summed E-state index contributed by atoms with van der Waals surface area (Å²) < 4.78 is 6.13. The third-order valence-electron chi connectivity index (χ3n) is 6.48. The fraction of sp³-hybridized carbons (Fsp3) is 0.129. The monoisotopic (exact) mass is 518 g/mol. The van der Waals surface area contributed by atoms with E-state index in [0.29, 0.717) is 18.1 Å². The summed E-state index contributed by atoms with van der Waals surface area (Å²) in [5.74, 6) is 0.130. The second kappa shape index (κ2) is 10.5. The summed E-state index contributed by atoms with van der Waals surface area (Å²) in [5, 5.41) is 10.5. The number of hydrogen-bond donors (Lipinski definition) is 1. The maximum Gasteiger partial charge on any atom is 0.303 e. The molecule has 1 unspecified atom stereocenters. The van der Waals surface area contributed by atoms with Crippen molar-refractivity contribution < 1.29 is 18.9 Å². The third-order valence-corrected chi connectivity index (χ3v) is 6.48. The highest BCUT2D eigenvalue weighted by Crippen LogP contribution is 2.34. The maximum atomic E-state index is 12.9. The van der Waals surface area contributed by atoms with E-state index in [9.17, 15) is 4.79 Å². The zero-order chi connectivity index (χ0) is 26.8. The van der Waals surface area contributed by atoms with Crippen molar-refractivity contribution in [3.05, 3.63) is 108 Å². The average Bonchev–Trinajstić information content (AvgIpc) is 3.63. The number of aromatic nitrogens is 3. The molecule has 1 atom stereocenters. The molecule has 0 aliphatic carbocycles. The van der Waals surface area contributed by atoms with E-state index in [1.54, 1.807) is 37.4 Å². The number of carbonyl (C=O) groups excluding carboxylic acids is 1. The van der Waals surface area contributed by atoms with Gasteiger partial charge in [0.25, 0.3) is 0 Å². The molecule has 0 saturated heterocycles. The Bertz CT molecular complexity index is 1690. The van der Waals surface area contributed by atoms with Gasteiger partial charge in [0.1, 0.15) is 11.6 Å². The molecule has 1 amide bonds. The first-order valence-corrected chi connectivity index (χ1v) is 12.7. The van der Waals surface area contributed by atoms with Gasteiger partial charge in [-0.2, -0.15) is 5.10 Å². The van der Waals surface area contributed by atoms with Crippen molar-refractivity contribution in [2.45, 2.75) is 20.0 Å². The minimum absolute atomic E-state index is 0.290. The summed E-state index contributed by atoms with van der Waals surface area (Å²) in [5.41, 5.74) is 5.34. The van der Waals surface area contributed by atoms with E-state index < -0.39 is 6.10 Å². The summed E-state index contributed by atoms with van der Waals surface area (Å²) in [7, 11) is 0. The van der Waals surface area contributed by atoms with Crippen LogP contribution in [-0.2, 0) is 9.68 Å². The summed E-state index contributed by atoms with van der Waals surface area (Å²) in [4.78, 5) is 29.0. The Morgan fingerprint density at radius 1 is 0.974 bits per heavy atom. The number of rotatable bonds is 8. The number of oxazole rings is 1. The van der Waals surface area contributed by atoms with Crippen LogP contribution in [0.15, 0.2) is 102 Å². The van der Waals surface area contributed by atoms with Crippen LogP contribution in [0.2, 0.25) is 0 Å². The van der Waals surface area contributed by atoms with Crippen molar-refractivity contribution in [2.75, 3.05) is 6.61 Å². The predicted molar refractivity (Wildman–Crippen MR) is 148 cm³/mol. The van der Waals surface area contributed by atoms with E-state index in [2.05, 4.69) is 22.3 Å². The lowest BCUT2D eigenvalue weighted by Gasteiger charge is -2.24. The Hall–Kier alpha value is -4.79. The molecule has 2 aromatic heterocycles. The Morgan fingerprint density at radius 3 is 2.44 bits per heavy atom.